The van der Waals surface area contributed by atoms with Crippen LogP contribution in [0.15, 0.2) is 59.5 Å². The summed E-state index contributed by atoms with van der Waals surface area (Å²) < 4.78 is 0. The number of nitrogens with one attached hydrogen (secondary N) is 1. The van der Waals surface area contributed by atoms with E-state index in [9.17, 15) is 9.59 Å². The molecule has 0 saturated carbocycles. The van der Waals surface area contributed by atoms with E-state index in [1.54, 1.807) is 16.7 Å². The average Bonchev–Trinajstić information content (AvgIpc) is 2.78. The minimum Gasteiger partial charge on any atom is -0.352 e. The van der Waals surface area contributed by atoms with E-state index in [0.717, 1.165) is 23.3 Å². The van der Waals surface area contributed by atoms with Crippen molar-refractivity contribution in [1.29, 1.82) is 0 Å². The molecule has 0 aliphatic rings. The van der Waals surface area contributed by atoms with Crippen LogP contribution in [0, 0.1) is 0 Å². The zero-order chi connectivity index (χ0) is 22.6. The fraction of sp³-hybridized carbons (Fsp3) is 0.440. The highest BCUT2D eigenvalue weighted by Crippen LogP contribution is 2.22. The molecule has 2 unspecified atom stereocenters. The summed E-state index contributed by atoms with van der Waals surface area (Å²) in [6.45, 7) is 6.52. The molecule has 0 bridgehead atoms. The maximum atomic E-state index is 13.2. The Balaban J connectivity index is 2.05. The Hall–Kier alpha value is -1.98. The summed E-state index contributed by atoms with van der Waals surface area (Å²) in [7, 11) is 0. The number of hydrogen-bond acceptors (Lipinski definition) is 3. The van der Waals surface area contributed by atoms with Crippen LogP contribution in [0.2, 0.25) is 5.02 Å². The molecule has 0 saturated heterocycles. The summed E-state index contributed by atoms with van der Waals surface area (Å²) in [6, 6.07) is 17.3. The van der Waals surface area contributed by atoms with Crippen LogP contribution in [-0.4, -0.2) is 41.1 Å². The van der Waals surface area contributed by atoms with Gasteiger partial charge in [-0.2, -0.15) is 0 Å². The van der Waals surface area contributed by atoms with Gasteiger partial charge in [-0.3, -0.25) is 9.59 Å². The van der Waals surface area contributed by atoms with Crippen molar-refractivity contribution in [1.82, 2.24) is 10.2 Å². The van der Waals surface area contributed by atoms with Crippen molar-refractivity contribution in [2.75, 3.05) is 12.3 Å². The maximum absolute atomic E-state index is 13.2. The Morgan fingerprint density at radius 2 is 1.71 bits per heavy atom. The number of carbonyl (C=O) groups is 2. The maximum Gasteiger partial charge on any atom is 0.243 e. The quantitative estimate of drug-likeness (QED) is 0.420. The fourth-order valence-corrected chi connectivity index (χ4v) is 4.23. The van der Waals surface area contributed by atoms with E-state index >= 15 is 0 Å². The van der Waals surface area contributed by atoms with Crippen molar-refractivity contribution in [3.63, 3.8) is 0 Å². The topological polar surface area (TPSA) is 49.4 Å². The molecular weight excluding hydrogens is 428 g/mol. The first kappa shape index (κ1) is 25.3. The van der Waals surface area contributed by atoms with E-state index in [1.807, 2.05) is 63.2 Å². The predicted molar refractivity (Wildman–Crippen MR) is 131 cm³/mol. The van der Waals surface area contributed by atoms with E-state index in [2.05, 4.69) is 17.4 Å². The first-order valence-electron chi connectivity index (χ1n) is 11.0. The lowest BCUT2D eigenvalue weighted by Crippen LogP contribution is -2.51. The van der Waals surface area contributed by atoms with Gasteiger partial charge in [0.25, 0.3) is 0 Å². The second kappa shape index (κ2) is 13.4. The van der Waals surface area contributed by atoms with Crippen LogP contribution < -0.4 is 5.32 Å². The van der Waals surface area contributed by atoms with Crippen molar-refractivity contribution < 1.29 is 9.59 Å². The largest absolute Gasteiger partial charge is 0.352 e. The second-order valence-corrected chi connectivity index (χ2v) is 9.22. The zero-order valence-corrected chi connectivity index (χ0v) is 20.2. The van der Waals surface area contributed by atoms with Gasteiger partial charge in [0, 0.05) is 34.7 Å². The fourth-order valence-electron chi connectivity index (χ4n) is 3.27. The summed E-state index contributed by atoms with van der Waals surface area (Å²) in [5.74, 6) is 0.610. The summed E-state index contributed by atoms with van der Waals surface area (Å²) in [6.07, 6.45) is 2.56. The lowest BCUT2D eigenvalue weighted by Gasteiger charge is -2.31. The molecule has 2 atom stereocenters. The minimum atomic E-state index is -0.453. The van der Waals surface area contributed by atoms with Gasteiger partial charge in [-0.1, -0.05) is 55.8 Å². The van der Waals surface area contributed by atoms with Crippen molar-refractivity contribution in [3.05, 3.63) is 65.2 Å². The van der Waals surface area contributed by atoms with Gasteiger partial charge in [0.1, 0.15) is 6.04 Å². The Labute approximate surface area is 195 Å². The first-order valence-corrected chi connectivity index (χ1v) is 12.3. The molecule has 0 aromatic heterocycles. The van der Waals surface area contributed by atoms with Gasteiger partial charge >= 0.3 is 0 Å². The SMILES string of the molecule is CCC(C)NC(=O)C(CC)N(CCc1ccccc1)C(=O)CCSc1ccc(Cl)cc1. The molecule has 31 heavy (non-hydrogen) atoms. The minimum absolute atomic E-state index is 0.0172. The molecular formula is C25H33ClN2O2S. The second-order valence-electron chi connectivity index (χ2n) is 7.62. The molecule has 0 heterocycles. The number of amides is 2. The molecule has 2 aromatic rings. The summed E-state index contributed by atoms with van der Waals surface area (Å²) in [5, 5.41) is 3.75. The molecule has 4 nitrogen and oxygen atoms in total. The number of halogens is 1. The van der Waals surface area contributed by atoms with Crippen LogP contribution in [0.5, 0.6) is 0 Å². The van der Waals surface area contributed by atoms with Crippen LogP contribution in [-0.2, 0) is 16.0 Å². The standard InChI is InChI=1S/C25H33ClN2O2S/c1-4-19(3)27-25(30)23(5-2)28(17-15-20-9-7-6-8-10-20)24(29)16-18-31-22-13-11-21(26)12-14-22/h6-14,19,23H,4-5,15-18H2,1-3H3,(H,27,30). The highest BCUT2D eigenvalue weighted by atomic mass is 35.5. The first-order chi connectivity index (χ1) is 14.9. The zero-order valence-electron chi connectivity index (χ0n) is 18.6. The summed E-state index contributed by atoms with van der Waals surface area (Å²) in [4.78, 5) is 28.9. The molecule has 2 amide bonds. The Morgan fingerprint density at radius 1 is 1.03 bits per heavy atom. The van der Waals surface area contributed by atoms with Crippen LogP contribution in [0.4, 0.5) is 0 Å². The van der Waals surface area contributed by atoms with E-state index in [-0.39, 0.29) is 17.9 Å². The van der Waals surface area contributed by atoms with E-state index < -0.39 is 6.04 Å². The molecule has 2 rings (SSSR count). The van der Waals surface area contributed by atoms with E-state index in [4.69, 9.17) is 11.6 Å². The molecule has 6 heteroatoms. The Kier molecular flexibility index (Phi) is 11.0. The smallest absolute Gasteiger partial charge is 0.243 e. The van der Waals surface area contributed by atoms with Crippen LogP contribution in [0.3, 0.4) is 0 Å². The third-order valence-electron chi connectivity index (χ3n) is 5.27. The summed E-state index contributed by atoms with van der Waals surface area (Å²) >= 11 is 7.57. The van der Waals surface area contributed by atoms with Gasteiger partial charge < -0.3 is 10.2 Å². The van der Waals surface area contributed by atoms with E-state index in [0.29, 0.717) is 30.2 Å². The number of rotatable bonds is 12. The van der Waals surface area contributed by atoms with Crippen molar-refractivity contribution >= 4 is 35.2 Å². The Bertz CT molecular complexity index is 814. The highest BCUT2D eigenvalue weighted by Gasteiger charge is 2.28. The van der Waals surface area contributed by atoms with Crippen LogP contribution in [0.1, 0.15) is 45.6 Å². The highest BCUT2D eigenvalue weighted by molar-refractivity contribution is 7.99. The van der Waals surface area contributed by atoms with Gasteiger partial charge in [-0.25, -0.2) is 0 Å². The third-order valence-corrected chi connectivity index (χ3v) is 6.54. The normalized spacial score (nSPS) is 12.8. The van der Waals surface area contributed by atoms with Crippen LogP contribution in [0.25, 0.3) is 0 Å². The lowest BCUT2D eigenvalue weighted by atomic mass is 10.1. The van der Waals surface area contributed by atoms with Gasteiger partial charge in [0.2, 0.25) is 11.8 Å². The van der Waals surface area contributed by atoms with Crippen molar-refractivity contribution in [2.45, 2.75) is 63.4 Å². The van der Waals surface area contributed by atoms with Crippen molar-refractivity contribution in [2.24, 2.45) is 0 Å². The molecule has 0 aliphatic heterocycles. The predicted octanol–water partition coefficient (Wildman–Crippen LogP) is 5.59. The number of benzene rings is 2. The van der Waals surface area contributed by atoms with Gasteiger partial charge in [0.05, 0.1) is 0 Å². The molecule has 0 radical (unpaired) electrons. The van der Waals surface area contributed by atoms with Gasteiger partial charge in [0.15, 0.2) is 0 Å². The number of thioether (sulfide) groups is 1. The average molecular weight is 461 g/mol. The molecule has 0 fully saturated rings. The lowest BCUT2D eigenvalue weighted by molar-refractivity contribution is -0.140. The number of nitrogens with zero attached hydrogens (tertiary/aromatic N) is 1. The molecule has 1 N–H and O–H groups in total. The molecule has 0 aliphatic carbocycles. The summed E-state index contributed by atoms with van der Waals surface area (Å²) in [5.41, 5.74) is 1.16. The van der Waals surface area contributed by atoms with Crippen molar-refractivity contribution in [3.8, 4) is 0 Å². The van der Waals surface area contributed by atoms with Gasteiger partial charge in [-0.05, 0) is 56.0 Å². The molecule has 0 spiro atoms. The van der Waals surface area contributed by atoms with E-state index in [1.165, 1.54) is 0 Å². The van der Waals surface area contributed by atoms with Gasteiger partial charge in [-0.15, -0.1) is 11.8 Å². The molecule has 2 aromatic carbocycles. The number of hydrogen-bond donors (Lipinski definition) is 1. The van der Waals surface area contributed by atoms with Crippen LogP contribution >= 0.6 is 23.4 Å². The molecule has 168 valence electrons. The Morgan fingerprint density at radius 3 is 2.32 bits per heavy atom. The monoisotopic (exact) mass is 460 g/mol. The number of carbonyl (C=O) groups excluding carboxylic acids is 2. The third kappa shape index (κ3) is 8.58.